The molecule has 20 heavy (non-hydrogen) atoms. The second-order valence-corrected chi connectivity index (χ2v) is 7.02. The first-order valence-corrected chi connectivity index (χ1v) is 7.99. The lowest BCUT2D eigenvalue weighted by molar-refractivity contribution is 0.215. The predicted octanol–water partition coefficient (Wildman–Crippen LogP) is 4.75. The second kappa shape index (κ2) is 4.30. The van der Waals surface area contributed by atoms with Gasteiger partial charge in [0.25, 0.3) is 5.06 Å². The van der Waals surface area contributed by atoms with Gasteiger partial charge in [-0.3, -0.25) is 0 Å². The first-order valence-electron chi connectivity index (χ1n) is 6.38. The third-order valence-corrected chi connectivity index (χ3v) is 5.50. The highest BCUT2D eigenvalue weighted by atomic mass is 79.9. The van der Waals surface area contributed by atoms with Crippen LogP contribution in [0.3, 0.4) is 0 Å². The minimum absolute atomic E-state index is 0.468. The van der Waals surface area contributed by atoms with Gasteiger partial charge in [0.1, 0.15) is 5.75 Å². The lowest BCUT2D eigenvalue weighted by Crippen LogP contribution is -2.45. The Kier molecular flexibility index (Phi) is 2.66. The lowest BCUT2D eigenvalue weighted by Gasteiger charge is -2.36. The van der Waals surface area contributed by atoms with Crippen LogP contribution in [0, 0.1) is 0 Å². The quantitative estimate of drug-likeness (QED) is 0.683. The number of halogens is 1. The van der Waals surface area contributed by atoms with Crippen LogP contribution in [-0.2, 0) is 0 Å². The molecule has 2 aromatic carbocycles. The Morgan fingerprint density at radius 3 is 2.90 bits per heavy atom. The molecule has 4 heteroatoms. The fourth-order valence-corrected chi connectivity index (χ4v) is 4.23. The molecule has 1 atom stereocenters. The van der Waals surface area contributed by atoms with E-state index >= 15 is 0 Å². The molecular formula is C16H12BrNOS. The van der Waals surface area contributed by atoms with E-state index in [4.69, 9.17) is 4.74 Å². The van der Waals surface area contributed by atoms with Crippen LogP contribution in [-0.4, -0.2) is 12.1 Å². The van der Waals surface area contributed by atoms with Gasteiger partial charge in [0.15, 0.2) is 0 Å². The van der Waals surface area contributed by atoms with Gasteiger partial charge in [-0.15, -0.1) is 0 Å². The van der Waals surface area contributed by atoms with Crippen molar-refractivity contribution in [3.8, 4) is 5.75 Å². The molecule has 0 saturated carbocycles. The van der Waals surface area contributed by atoms with Crippen LogP contribution in [0.15, 0.2) is 57.9 Å². The van der Waals surface area contributed by atoms with Crippen LogP contribution in [0.5, 0.6) is 5.75 Å². The molecule has 2 heterocycles. The lowest BCUT2D eigenvalue weighted by atomic mass is 10.1. The van der Waals surface area contributed by atoms with Gasteiger partial charge in [-0.2, -0.15) is 0 Å². The van der Waals surface area contributed by atoms with E-state index in [0.717, 1.165) is 15.8 Å². The van der Waals surface area contributed by atoms with E-state index in [1.54, 1.807) is 11.8 Å². The fraction of sp³-hybridized carbons (Fsp3) is 0.125. The largest absolute Gasteiger partial charge is 0.454 e. The fourth-order valence-electron chi connectivity index (χ4n) is 2.58. The average molecular weight is 346 g/mol. The van der Waals surface area contributed by atoms with Crippen LogP contribution in [0.2, 0.25) is 0 Å². The molecule has 100 valence electrons. The van der Waals surface area contributed by atoms with Crippen molar-refractivity contribution in [1.82, 2.24) is 0 Å². The third kappa shape index (κ3) is 1.71. The number of para-hydroxylation sites is 1. The number of thioether (sulfide) groups is 1. The normalized spacial score (nSPS) is 22.6. The number of anilines is 1. The molecular weight excluding hydrogens is 334 g/mol. The van der Waals surface area contributed by atoms with Crippen molar-refractivity contribution in [3.63, 3.8) is 0 Å². The van der Waals surface area contributed by atoms with Gasteiger partial charge >= 0.3 is 0 Å². The summed E-state index contributed by atoms with van der Waals surface area (Å²) in [5, 5.41) is -0.468. The minimum atomic E-state index is -0.468. The highest BCUT2D eigenvalue weighted by Crippen LogP contribution is 2.52. The molecule has 0 aliphatic carbocycles. The Morgan fingerprint density at radius 2 is 2.05 bits per heavy atom. The number of fused-ring (bicyclic) bond motifs is 2. The molecule has 2 aliphatic heterocycles. The van der Waals surface area contributed by atoms with Gasteiger partial charge in [-0.25, -0.2) is 0 Å². The molecule has 2 aromatic rings. The topological polar surface area (TPSA) is 12.5 Å². The Balaban J connectivity index is 1.78. The van der Waals surface area contributed by atoms with E-state index in [1.165, 1.54) is 10.6 Å². The number of nitrogens with zero attached hydrogens (tertiary/aromatic N) is 1. The van der Waals surface area contributed by atoms with E-state index in [9.17, 15) is 0 Å². The molecule has 0 fully saturated rings. The Hall–Kier alpha value is -1.39. The molecule has 2 nitrogen and oxygen atoms in total. The van der Waals surface area contributed by atoms with E-state index in [0.29, 0.717) is 0 Å². The highest BCUT2D eigenvalue weighted by Gasteiger charge is 2.44. The molecule has 4 rings (SSSR count). The summed E-state index contributed by atoms with van der Waals surface area (Å²) >= 11 is 5.24. The summed E-state index contributed by atoms with van der Waals surface area (Å²) in [4.78, 5) is 3.44. The van der Waals surface area contributed by atoms with Crippen LogP contribution >= 0.6 is 27.7 Å². The summed E-state index contributed by atoms with van der Waals surface area (Å²) in [6.45, 7) is 0. The molecule has 0 saturated heterocycles. The van der Waals surface area contributed by atoms with Gasteiger partial charge in [0, 0.05) is 22.0 Å². The maximum Gasteiger partial charge on any atom is 0.256 e. The number of hydrogen-bond acceptors (Lipinski definition) is 3. The predicted molar refractivity (Wildman–Crippen MR) is 87.2 cm³/mol. The van der Waals surface area contributed by atoms with Gasteiger partial charge in [-0.1, -0.05) is 28.1 Å². The smallest absolute Gasteiger partial charge is 0.256 e. The zero-order valence-corrected chi connectivity index (χ0v) is 13.2. The molecule has 0 bridgehead atoms. The summed E-state index contributed by atoms with van der Waals surface area (Å²) in [5.41, 5.74) is 2.32. The van der Waals surface area contributed by atoms with E-state index < -0.39 is 5.06 Å². The van der Waals surface area contributed by atoms with Crippen molar-refractivity contribution < 1.29 is 4.74 Å². The molecule has 1 spiro atoms. The monoisotopic (exact) mass is 345 g/mol. The maximum absolute atomic E-state index is 6.31. The van der Waals surface area contributed by atoms with Crippen molar-refractivity contribution in [2.24, 2.45) is 0 Å². The first-order chi connectivity index (χ1) is 9.68. The van der Waals surface area contributed by atoms with Crippen LogP contribution < -0.4 is 9.64 Å². The summed E-state index contributed by atoms with van der Waals surface area (Å²) in [6, 6.07) is 14.5. The summed E-state index contributed by atoms with van der Waals surface area (Å²) in [7, 11) is 2.08. The average Bonchev–Trinajstić information content (AvgIpc) is 2.73. The molecule has 2 aliphatic rings. The summed E-state index contributed by atoms with van der Waals surface area (Å²) < 4.78 is 7.38. The number of rotatable bonds is 0. The maximum atomic E-state index is 6.31. The van der Waals surface area contributed by atoms with Crippen molar-refractivity contribution in [3.05, 3.63) is 58.6 Å². The van der Waals surface area contributed by atoms with Crippen molar-refractivity contribution >= 4 is 39.5 Å². The minimum Gasteiger partial charge on any atom is -0.454 e. The summed E-state index contributed by atoms with van der Waals surface area (Å²) in [6.07, 6.45) is 4.27. The summed E-state index contributed by atoms with van der Waals surface area (Å²) in [5.74, 6) is 0.919. The SMILES string of the molecule is CN1c2ccccc2SC12C=Cc1cc(Br)ccc1O2. The molecule has 1 unspecified atom stereocenters. The van der Waals surface area contributed by atoms with Crippen molar-refractivity contribution in [2.45, 2.75) is 9.95 Å². The van der Waals surface area contributed by atoms with Crippen LogP contribution in [0.25, 0.3) is 6.08 Å². The van der Waals surface area contributed by atoms with Gasteiger partial charge < -0.3 is 9.64 Å². The van der Waals surface area contributed by atoms with Crippen molar-refractivity contribution in [2.75, 3.05) is 11.9 Å². The van der Waals surface area contributed by atoms with Gasteiger partial charge in [-0.05, 0) is 54.2 Å². The molecule has 0 N–H and O–H groups in total. The van der Waals surface area contributed by atoms with Crippen LogP contribution in [0.1, 0.15) is 5.56 Å². The number of likely N-dealkylation sites (N-methyl/N-ethyl adjacent to an activating group) is 1. The molecule has 0 radical (unpaired) electrons. The molecule has 0 aromatic heterocycles. The second-order valence-electron chi connectivity index (χ2n) is 4.88. The van der Waals surface area contributed by atoms with Gasteiger partial charge in [0.05, 0.1) is 5.69 Å². The number of ether oxygens (including phenoxy) is 1. The Labute approximate surface area is 130 Å². The third-order valence-electron chi connectivity index (χ3n) is 3.65. The molecule has 0 amide bonds. The van der Waals surface area contributed by atoms with Crippen LogP contribution in [0.4, 0.5) is 5.69 Å². The Morgan fingerprint density at radius 1 is 1.20 bits per heavy atom. The van der Waals surface area contributed by atoms with Gasteiger partial charge in [0.2, 0.25) is 0 Å². The first kappa shape index (κ1) is 12.4. The van der Waals surface area contributed by atoms with E-state index in [-0.39, 0.29) is 0 Å². The zero-order chi connectivity index (χ0) is 13.7. The van der Waals surface area contributed by atoms with E-state index in [2.05, 4.69) is 70.4 Å². The zero-order valence-electron chi connectivity index (χ0n) is 10.8. The standard InChI is InChI=1S/C16H12BrNOS/c1-18-13-4-2-3-5-15(13)20-16(18)9-8-11-10-12(17)6-7-14(11)19-16/h2-10H,1H3. The Bertz CT molecular complexity index is 730. The number of benzene rings is 2. The van der Waals surface area contributed by atoms with E-state index in [1.807, 2.05) is 12.1 Å². The number of hydrogen-bond donors (Lipinski definition) is 0. The van der Waals surface area contributed by atoms with Crippen molar-refractivity contribution in [1.29, 1.82) is 0 Å². The highest BCUT2D eigenvalue weighted by molar-refractivity contribution is 9.10.